The van der Waals surface area contributed by atoms with Gasteiger partial charge in [0.1, 0.15) is 31.5 Å². The molecule has 8 rings (SSSR count). The molecule has 85 heavy (non-hydrogen) atoms. The quantitative estimate of drug-likeness (QED) is 0.0131. The summed E-state index contributed by atoms with van der Waals surface area (Å²) in [7, 11) is 0. The number of halogens is 3. The van der Waals surface area contributed by atoms with E-state index in [1.54, 1.807) is 36.4 Å². The zero-order valence-corrected chi connectivity index (χ0v) is 44.9. The van der Waals surface area contributed by atoms with Gasteiger partial charge in [-0.05, 0) is 77.8 Å². The minimum Gasteiger partial charge on any atom is -0.463 e. The Balaban J connectivity index is 1.34. The lowest BCUT2D eigenvalue weighted by Crippen LogP contribution is -2.67. The Kier molecular flexibility index (Phi) is 20.8. The van der Waals surface area contributed by atoms with Crippen LogP contribution in [0.5, 0.6) is 0 Å². The summed E-state index contributed by atoms with van der Waals surface area (Å²) < 4.78 is 112. The lowest BCUT2D eigenvalue weighted by atomic mass is 9.95. The SMILES string of the molecule is CC(=O)OC[C@H]1OC(OC(=Nc2ccccc2)C(F)(F)F)[C@H](OC(=O)c2ccccc2CN=[N+]=[N-])[C@@H](O[C@@H]2O[C@H](COC(=O)c3ccccc3)[C@@H](OC(=O)c3ccccc3)[C@H](OC(=O)c3ccccc3)[C@H]2OC(=O)c2ccccc2)[C@@H]1OC(C)=O. The Hall–Kier alpha value is -9.94. The fourth-order valence-corrected chi connectivity index (χ4v) is 8.75. The van der Waals surface area contributed by atoms with Crippen LogP contribution in [0.1, 0.15) is 71.2 Å². The molecular formula is C60H51F3N4O18. The first-order chi connectivity index (χ1) is 41.0. The van der Waals surface area contributed by atoms with Gasteiger partial charge in [0, 0.05) is 18.8 Å². The molecule has 0 aromatic heterocycles. The molecule has 22 nitrogen and oxygen atoms in total. The lowest BCUT2D eigenvalue weighted by molar-refractivity contribution is -0.353. The molecule has 2 fully saturated rings. The van der Waals surface area contributed by atoms with Gasteiger partial charge in [0.25, 0.3) is 5.90 Å². The topological polar surface area (TPSA) is 282 Å². The van der Waals surface area contributed by atoms with Gasteiger partial charge in [-0.3, -0.25) is 9.59 Å². The van der Waals surface area contributed by atoms with E-state index in [0.29, 0.717) is 0 Å². The molecular weight excluding hydrogens is 1120 g/mol. The summed E-state index contributed by atoms with van der Waals surface area (Å²) >= 11 is 0. The maximum atomic E-state index is 15.3. The van der Waals surface area contributed by atoms with Gasteiger partial charge in [0.2, 0.25) is 6.29 Å². The molecule has 0 aliphatic carbocycles. The summed E-state index contributed by atoms with van der Waals surface area (Å²) in [5.41, 5.74) is 8.38. The zero-order chi connectivity index (χ0) is 60.5. The van der Waals surface area contributed by atoms with Crippen LogP contribution in [0.2, 0.25) is 0 Å². The van der Waals surface area contributed by atoms with Crippen LogP contribution in [-0.2, 0) is 68.2 Å². The van der Waals surface area contributed by atoms with Crippen molar-refractivity contribution in [3.63, 3.8) is 0 Å². The normalized spacial score (nSPS) is 22.0. The summed E-state index contributed by atoms with van der Waals surface area (Å²) in [5.74, 6) is -9.79. The second-order valence-corrected chi connectivity index (χ2v) is 18.5. The van der Waals surface area contributed by atoms with Gasteiger partial charge < -0.3 is 52.1 Å². The van der Waals surface area contributed by atoms with Crippen LogP contribution in [0.4, 0.5) is 18.9 Å². The van der Waals surface area contributed by atoms with Crippen LogP contribution in [0, 0.1) is 0 Å². The van der Waals surface area contributed by atoms with Gasteiger partial charge in [0.15, 0.2) is 36.8 Å². The third kappa shape index (κ3) is 16.4. The number of azide groups is 1. The average Bonchev–Trinajstić information content (AvgIpc) is 1.96. The van der Waals surface area contributed by atoms with Crippen LogP contribution < -0.4 is 0 Å². The summed E-state index contributed by atoms with van der Waals surface area (Å²) in [4.78, 5) is 104. The number of benzene rings is 6. The summed E-state index contributed by atoms with van der Waals surface area (Å²) in [6.07, 6.45) is -27.3. The third-order valence-corrected chi connectivity index (χ3v) is 12.6. The standard InChI is InChI=1S/C60H51F3N4O18/c1-35(68)75-33-44-46(77-36(2)69)49(51(83-56(74)43-31-19-18-28-41(43)32-65-67-64)58(79-44)85-59(60(61,62)63)66-42-29-16-7-17-30-42)84-57-50(82-55(73)40-26-14-6-15-27-40)48(81-54(72)39-24-12-5-13-25-39)47(80-53(71)38-22-10-4-11-23-38)45(78-57)34-76-52(70)37-20-8-3-9-21-37/h3-31,44-51,57-58H,32-34H2,1-2H3/t44-,45-,46-,47-,48+,49+,50-,51-,57+,58?/m1/s1. The number of nitrogens with zero attached hydrogens (tertiary/aromatic N) is 4. The fourth-order valence-electron chi connectivity index (χ4n) is 8.75. The highest BCUT2D eigenvalue weighted by atomic mass is 19.4. The maximum Gasteiger partial charge on any atom is 0.468 e. The molecule has 2 aliphatic heterocycles. The van der Waals surface area contributed by atoms with Gasteiger partial charge in [0.05, 0.1) is 40.0 Å². The number of carbonyl (C=O) groups is 7. The lowest BCUT2D eigenvalue weighted by Gasteiger charge is -2.48. The Morgan fingerprint density at radius 1 is 0.471 bits per heavy atom. The van der Waals surface area contributed by atoms with E-state index in [1.165, 1.54) is 140 Å². The van der Waals surface area contributed by atoms with Crippen LogP contribution >= 0.6 is 0 Å². The molecule has 0 bridgehead atoms. The number of esters is 7. The molecule has 2 aliphatic rings. The van der Waals surface area contributed by atoms with Crippen LogP contribution in [0.15, 0.2) is 186 Å². The minimum absolute atomic E-state index is 0.0293. The fraction of sp³-hybridized carbons (Fsp3) is 0.267. The molecule has 0 radical (unpaired) electrons. The number of ether oxygens (including phenoxy) is 11. The molecule has 2 heterocycles. The first kappa shape index (κ1) is 61.1. The third-order valence-electron chi connectivity index (χ3n) is 12.6. The number of carbonyl (C=O) groups excluding carboxylic acids is 7. The van der Waals surface area contributed by atoms with E-state index in [-0.39, 0.29) is 39.1 Å². The van der Waals surface area contributed by atoms with Crippen molar-refractivity contribution in [3.05, 3.63) is 220 Å². The van der Waals surface area contributed by atoms with Gasteiger partial charge in [-0.1, -0.05) is 114 Å². The maximum absolute atomic E-state index is 15.3. The van der Waals surface area contributed by atoms with Crippen molar-refractivity contribution in [2.45, 2.75) is 88.0 Å². The molecule has 0 N–H and O–H groups in total. The smallest absolute Gasteiger partial charge is 0.463 e. The summed E-state index contributed by atoms with van der Waals surface area (Å²) in [6, 6.07) is 41.6. The molecule has 25 heteroatoms. The van der Waals surface area contributed by atoms with Crippen LogP contribution in [0.25, 0.3) is 10.4 Å². The number of aliphatic imine (C=N–C) groups is 1. The number of hydrogen-bond acceptors (Lipinski definition) is 20. The summed E-state index contributed by atoms with van der Waals surface area (Å²) in [5, 5.41) is 3.53. The monoisotopic (exact) mass is 1170 g/mol. The molecule has 440 valence electrons. The van der Waals surface area contributed by atoms with E-state index in [1.807, 2.05) is 0 Å². The van der Waals surface area contributed by atoms with Crippen molar-refractivity contribution in [2.75, 3.05) is 13.2 Å². The number of alkyl halides is 3. The van der Waals surface area contributed by atoms with Crippen LogP contribution in [0.3, 0.4) is 0 Å². The molecule has 6 aromatic carbocycles. The van der Waals surface area contributed by atoms with Crippen molar-refractivity contribution in [1.29, 1.82) is 0 Å². The molecule has 0 spiro atoms. The van der Waals surface area contributed by atoms with Gasteiger partial charge in [-0.25, -0.2) is 29.0 Å². The summed E-state index contributed by atoms with van der Waals surface area (Å²) in [6.45, 7) is -0.405. The molecule has 0 saturated carbocycles. The Morgan fingerprint density at radius 2 is 0.894 bits per heavy atom. The van der Waals surface area contributed by atoms with Crippen molar-refractivity contribution >= 4 is 53.4 Å². The molecule has 10 atom stereocenters. The molecule has 6 aromatic rings. The van der Waals surface area contributed by atoms with Gasteiger partial charge in [-0.2, -0.15) is 13.2 Å². The highest BCUT2D eigenvalue weighted by molar-refractivity contribution is 5.93. The predicted molar refractivity (Wildman–Crippen MR) is 287 cm³/mol. The highest BCUT2D eigenvalue weighted by Gasteiger charge is 2.59. The Labute approximate surface area is 481 Å². The van der Waals surface area contributed by atoms with E-state index in [9.17, 15) is 39.1 Å². The van der Waals surface area contributed by atoms with E-state index < -0.39 is 135 Å². The predicted octanol–water partition coefficient (Wildman–Crippen LogP) is 9.20. The number of hydrogen-bond donors (Lipinski definition) is 0. The van der Waals surface area contributed by atoms with E-state index in [0.717, 1.165) is 13.8 Å². The number of rotatable bonds is 20. The van der Waals surface area contributed by atoms with Gasteiger partial charge >= 0.3 is 48.0 Å². The van der Waals surface area contributed by atoms with Crippen molar-refractivity contribution in [3.8, 4) is 0 Å². The first-order valence-electron chi connectivity index (χ1n) is 25.9. The average molecular weight is 1170 g/mol. The van der Waals surface area contributed by atoms with Gasteiger partial charge in [-0.15, -0.1) is 0 Å². The first-order valence-corrected chi connectivity index (χ1v) is 25.9. The van der Waals surface area contributed by atoms with E-state index in [4.69, 9.17) is 52.1 Å². The van der Waals surface area contributed by atoms with Crippen molar-refractivity contribution < 1.29 is 98.8 Å². The van der Waals surface area contributed by atoms with E-state index >= 15 is 13.2 Å². The Morgan fingerprint density at radius 3 is 1.40 bits per heavy atom. The minimum atomic E-state index is -5.46. The second-order valence-electron chi connectivity index (χ2n) is 18.5. The Bertz CT molecular complexity index is 3380. The second kappa shape index (κ2) is 28.8. The zero-order valence-electron chi connectivity index (χ0n) is 44.9. The van der Waals surface area contributed by atoms with Crippen molar-refractivity contribution in [2.24, 2.45) is 10.1 Å². The van der Waals surface area contributed by atoms with E-state index in [2.05, 4.69) is 15.0 Å². The molecule has 2 saturated heterocycles. The molecule has 1 unspecified atom stereocenters. The largest absolute Gasteiger partial charge is 0.468 e. The number of para-hydroxylation sites is 1. The highest BCUT2D eigenvalue weighted by Crippen LogP contribution is 2.38. The molecule has 0 amide bonds. The van der Waals surface area contributed by atoms with Crippen molar-refractivity contribution in [1.82, 2.24) is 0 Å². The van der Waals surface area contributed by atoms with Crippen LogP contribution in [-0.4, -0.2) is 128 Å².